The molecule has 132 valence electrons. The Morgan fingerprint density at radius 3 is 2.68 bits per heavy atom. The number of esters is 2. The van der Waals surface area contributed by atoms with Crippen molar-refractivity contribution in [3.8, 4) is 6.07 Å². The summed E-state index contributed by atoms with van der Waals surface area (Å²) in [6.07, 6.45) is 5.01. The summed E-state index contributed by atoms with van der Waals surface area (Å²) < 4.78 is 9.89. The van der Waals surface area contributed by atoms with Gasteiger partial charge in [0.2, 0.25) is 0 Å². The van der Waals surface area contributed by atoms with Gasteiger partial charge in [0, 0.05) is 11.9 Å². The first-order valence-electron chi connectivity index (χ1n) is 8.34. The number of carbonyl (C=O) groups is 2. The maximum Gasteiger partial charge on any atom is 0.350 e. The first-order valence-corrected chi connectivity index (χ1v) is 8.34. The predicted molar refractivity (Wildman–Crippen MR) is 90.8 cm³/mol. The number of nitrogens with one attached hydrogen (secondary N) is 1. The summed E-state index contributed by atoms with van der Waals surface area (Å²) in [6, 6.07) is 3.56. The number of anilines is 1. The number of aromatic nitrogens is 1. The number of fused-ring (bicyclic) bond motifs is 1. The maximum absolute atomic E-state index is 12.2. The Morgan fingerprint density at radius 1 is 1.28 bits per heavy atom. The highest BCUT2D eigenvalue weighted by molar-refractivity contribution is 5.96. The van der Waals surface area contributed by atoms with Gasteiger partial charge in [-0.3, -0.25) is 0 Å². The van der Waals surface area contributed by atoms with E-state index in [4.69, 9.17) is 14.7 Å². The number of nitrogens with zero attached hydrogens (tertiary/aromatic N) is 2. The summed E-state index contributed by atoms with van der Waals surface area (Å²) in [5.74, 6) is -0.946. The summed E-state index contributed by atoms with van der Waals surface area (Å²) >= 11 is 0. The minimum Gasteiger partial charge on any atom is -0.462 e. The first kappa shape index (κ1) is 18.5. The molecule has 0 aliphatic heterocycles. The van der Waals surface area contributed by atoms with E-state index in [0.717, 1.165) is 36.9 Å². The minimum atomic E-state index is -0.729. The molecule has 0 unspecified atom stereocenters. The van der Waals surface area contributed by atoms with Crippen LogP contribution in [0.25, 0.3) is 0 Å². The van der Waals surface area contributed by atoms with Crippen LogP contribution in [0.1, 0.15) is 48.3 Å². The second kappa shape index (κ2) is 8.83. The van der Waals surface area contributed by atoms with Crippen LogP contribution in [-0.4, -0.2) is 30.1 Å². The number of carbonyl (C=O) groups excluding carboxylic acids is 2. The van der Waals surface area contributed by atoms with Gasteiger partial charge >= 0.3 is 11.9 Å². The number of ether oxygens (including phenoxy) is 2. The van der Waals surface area contributed by atoms with Gasteiger partial charge in [0.25, 0.3) is 0 Å². The number of aryl methyl sites for hydroxylation is 2. The second-order valence-electron chi connectivity index (χ2n) is 5.45. The quantitative estimate of drug-likeness (QED) is 0.481. The largest absolute Gasteiger partial charge is 0.462 e. The molecule has 1 aromatic rings. The molecule has 1 aromatic heterocycles. The van der Waals surface area contributed by atoms with Crippen molar-refractivity contribution in [2.75, 3.05) is 18.5 Å². The molecule has 7 nitrogen and oxygen atoms in total. The number of hydrogen-bond donors (Lipinski definition) is 1. The molecule has 0 atom stereocenters. The lowest BCUT2D eigenvalue weighted by Gasteiger charge is -2.18. The zero-order chi connectivity index (χ0) is 18.2. The van der Waals surface area contributed by atoms with E-state index < -0.39 is 11.9 Å². The average molecular weight is 343 g/mol. The van der Waals surface area contributed by atoms with Crippen molar-refractivity contribution >= 4 is 17.8 Å². The van der Waals surface area contributed by atoms with Gasteiger partial charge in [-0.15, -0.1) is 0 Å². The summed E-state index contributed by atoms with van der Waals surface area (Å²) in [5.41, 5.74) is 2.05. The van der Waals surface area contributed by atoms with Crippen LogP contribution in [0.3, 0.4) is 0 Å². The van der Waals surface area contributed by atoms with Crippen LogP contribution in [0.4, 0.5) is 5.82 Å². The predicted octanol–water partition coefficient (Wildman–Crippen LogP) is 2.52. The number of nitriles is 1. The van der Waals surface area contributed by atoms with Gasteiger partial charge in [-0.25, -0.2) is 14.6 Å². The van der Waals surface area contributed by atoms with E-state index in [0.29, 0.717) is 5.56 Å². The van der Waals surface area contributed by atoms with Crippen LogP contribution < -0.4 is 5.32 Å². The van der Waals surface area contributed by atoms with Crippen LogP contribution >= 0.6 is 0 Å². The van der Waals surface area contributed by atoms with Crippen LogP contribution in [-0.2, 0) is 27.1 Å². The van der Waals surface area contributed by atoms with Crippen LogP contribution in [0.5, 0.6) is 0 Å². The molecule has 1 aliphatic rings. The molecule has 25 heavy (non-hydrogen) atoms. The summed E-state index contributed by atoms with van der Waals surface area (Å²) in [5, 5.41) is 11.9. The number of rotatable bonds is 6. The SMILES string of the molecule is CCOC(=O)/C(C#N)=C/Nc1nc2c(cc1C(=O)OCC)CCCC2. The Hall–Kier alpha value is -2.88. The molecule has 1 heterocycles. The third-order valence-corrected chi connectivity index (χ3v) is 3.77. The average Bonchev–Trinajstić information content (AvgIpc) is 2.62. The van der Waals surface area contributed by atoms with E-state index in [9.17, 15) is 9.59 Å². The Morgan fingerprint density at radius 2 is 2.00 bits per heavy atom. The van der Waals surface area contributed by atoms with Gasteiger partial charge in [0.15, 0.2) is 5.57 Å². The van der Waals surface area contributed by atoms with Gasteiger partial charge in [-0.2, -0.15) is 5.26 Å². The van der Waals surface area contributed by atoms with Crippen molar-refractivity contribution in [2.24, 2.45) is 0 Å². The lowest BCUT2D eigenvalue weighted by Crippen LogP contribution is -2.15. The minimum absolute atomic E-state index is 0.170. The molecule has 0 fully saturated rings. The van der Waals surface area contributed by atoms with Crippen molar-refractivity contribution < 1.29 is 19.1 Å². The van der Waals surface area contributed by atoms with Crippen molar-refractivity contribution in [2.45, 2.75) is 39.5 Å². The Labute approximate surface area is 146 Å². The Balaban J connectivity index is 2.36. The number of pyridine rings is 1. The summed E-state index contributed by atoms with van der Waals surface area (Å²) in [6.45, 7) is 3.80. The fourth-order valence-corrected chi connectivity index (χ4v) is 2.59. The lowest BCUT2D eigenvalue weighted by molar-refractivity contribution is -0.138. The van der Waals surface area contributed by atoms with Crippen molar-refractivity contribution in [3.63, 3.8) is 0 Å². The zero-order valence-electron chi connectivity index (χ0n) is 14.4. The van der Waals surface area contributed by atoms with Crippen molar-refractivity contribution in [3.05, 3.63) is 34.7 Å². The zero-order valence-corrected chi connectivity index (χ0v) is 14.4. The smallest absolute Gasteiger partial charge is 0.350 e. The molecule has 2 rings (SSSR count). The number of hydrogen-bond acceptors (Lipinski definition) is 7. The standard InChI is InChI=1S/C18H21N3O4/c1-3-24-17(22)13(10-19)11-20-16-14(18(23)25-4-2)9-12-7-5-6-8-15(12)21-16/h9,11H,3-8H2,1-2H3,(H,20,21)/b13-11+. The van der Waals surface area contributed by atoms with Gasteiger partial charge in [0.1, 0.15) is 17.5 Å². The third-order valence-electron chi connectivity index (χ3n) is 3.77. The topological polar surface area (TPSA) is 101 Å². The van der Waals surface area contributed by atoms with Crippen molar-refractivity contribution in [1.82, 2.24) is 4.98 Å². The third kappa shape index (κ3) is 4.57. The molecule has 1 aliphatic carbocycles. The molecule has 0 saturated heterocycles. The fraction of sp³-hybridized carbons (Fsp3) is 0.444. The van der Waals surface area contributed by atoms with E-state index in [1.54, 1.807) is 26.0 Å². The molecule has 0 bridgehead atoms. The highest BCUT2D eigenvalue weighted by atomic mass is 16.5. The van der Waals surface area contributed by atoms with E-state index in [2.05, 4.69) is 10.3 Å². The van der Waals surface area contributed by atoms with Crippen molar-refractivity contribution in [1.29, 1.82) is 5.26 Å². The summed E-state index contributed by atoms with van der Waals surface area (Å²) in [7, 11) is 0. The molecule has 0 saturated carbocycles. The maximum atomic E-state index is 12.2. The summed E-state index contributed by atoms with van der Waals surface area (Å²) in [4.78, 5) is 28.4. The molecular weight excluding hydrogens is 322 g/mol. The fourth-order valence-electron chi connectivity index (χ4n) is 2.59. The van der Waals surface area contributed by atoms with Crippen LogP contribution in [0.2, 0.25) is 0 Å². The highest BCUT2D eigenvalue weighted by Gasteiger charge is 2.20. The lowest BCUT2D eigenvalue weighted by atomic mass is 9.94. The molecule has 0 amide bonds. The molecule has 0 radical (unpaired) electrons. The Kier molecular flexibility index (Phi) is 6.52. The monoisotopic (exact) mass is 343 g/mol. The van der Waals surface area contributed by atoms with Gasteiger partial charge in [-0.05, 0) is 51.2 Å². The normalized spacial score (nSPS) is 13.4. The van der Waals surface area contributed by atoms with E-state index in [1.165, 1.54) is 6.20 Å². The second-order valence-corrected chi connectivity index (χ2v) is 5.45. The van der Waals surface area contributed by atoms with E-state index in [-0.39, 0.29) is 24.6 Å². The molecular formula is C18H21N3O4. The highest BCUT2D eigenvalue weighted by Crippen LogP contribution is 2.25. The first-order chi connectivity index (χ1) is 12.1. The van der Waals surface area contributed by atoms with E-state index >= 15 is 0 Å². The molecule has 7 heteroatoms. The van der Waals surface area contributed by atoms with Gasteiger partial charge < -0.3 is 14.8 Å². The van der Waals surface area contributed by atoms with Gasteiger partial charge in [0.05, 0.1) is 13.2 Å². The Bertz CT molecular complexity index is 735. The van der Waals surface area contributed by atoms with Crippen LogP contribution in [0, 0.1) is 11.3 Å². The van der Waals surface area contributed by atoms with E-state index in [1.807, 2.05) is 0 Å². The molecule has 1 N–H and O–H groups in total. The van der Waals surface area contributed by atoms with Crippen LogP contribution in [0.15, 0.2) is 17.8 Å². The molecule has 0 spiro atoms. The molecule has 0 aromatic carbocycles. The van der Waals surface area contributed by atoms with Gasteiger partial charge in [-0.1, -0.05) is 0 Å².